The lowest BCUT2D eigenvalue weighted by Gasteiger charge is -2.28. The van der Waals surface area contributed by atoms with Crippen molar-refractivity contribution in [2.45, 2.75) is 12.0 Å². The lowest BCUT2D eigenvalue weighted by molar-refractivity contribution is -0.274. The molecule has 21 heavy (non-hydrogen) atoms. The highest BCUT2D eigenvalue weighted by molar-refractivity contribution is 5.40. The summed E-state index contributed by atoms with van der Waals surface area (Å²) in [4.78, 5) is 0. The van der Waals surface area contributed by atoms with E-state index in [1.165, 1.54) is 18.2 Å². The van der Waals surface area contributed by atoms with Crippen LogP contribution in [0.3, 0.4) is 0 Å². The standard InChI is InChI=1S/C15H14F3NO2/c16-15(17,18)21-13-8-4-7-12(9-13)14(20,10-19)11-5-2-1-3-6-11/h1-9,20H,10,19H2. The molecule has 2 rings (SSSR count). The van der Waals surface area contributed by atoms with Crippen LogP contribution in [0.1, 0.15) is 11.1 Å². The normalized spacial score (nSPS) is 14.5. The Labute approximate surface area is 119 Å². The van der Waals surface area contributed by atoms with Crippen molar-refractivity contribution in [3.05, 3.63) is 65.7 Å². The predicted molar refractivity (Wildman–Crippen MR) is 71.6 cm³/mol. The van der Waals surface area contributed by atoms with Gasteiger partial charge < -0.3 is 15.6 Å². The van der Waals surface area contributed by atoms with Gasteiger partial charge in [0.2, 0.25) is 0 Å². The Balaban J connectivity index is 2.41. The summed E-state index contributed by atoms with van der Waals surface area (Å²) in [5.41, 5.74) is 4.79. The molecule has 2 aromatic rings. The Morgan fingerprint density at radius 1 is 0.952 bits per heavy atom. The van der Waals surface area contributed by atoms with Crippen LogP contribution in [-0.4, -0.2) is 18.0 Å². The first-order chi connectivity index (χ1) is 9.85. The van der Waals surface area contributed by atoms with E-state index in [9.17, 15) is 18.3 Å². The molecule has 0 fully saturated rings. The Morgan fingerprint density at radius 3 is 2.14 bits per heavy atom. The Kier molecular flexibility index (Phi) is 4.20. The summed E-state index contributed by atoms with van der Waals surface area (Å²) < 4.78 is 40.7. The third kappa shape index (κ3) is 3.53. The van der Waals surface area contributed by atoms with E-state index in [2.05, 4.69) is 4.74 Å². The van der Waals surface area contributed by atoms with Crippen LogP contribution in [0, 0.1) is 0 Å². The van der Waals surface area contributed by atoms with Crippen LogP contribution in [0.15, 0.2) is 54.6 Å². The zero-order valence-electron chi connectivity index (χ0n) is 11.0. The fourth-order valence-corrected chi connectivity index (χ4v) is 2.07. The molecule has 3 N–H and O–H groups in total. The van der Waals surface area contributed by atoms with Gasteiger partial charge in [-0.05, 0) is 23.3 Å². The van der Waals surface area contributed by atoms with Gasteiger partial charge in [0.15, 0.2) is 0 Å². The van der Waals surface area contributed by atoms with Crippen molar-refractivity contribution in [3.8, 4) is 5.75 Å². The zero-order chi connectivity index (χ0) is 15.5. The Morgan fingerprint density at radius 2 is 1.57 bits per heavy atom. The highest BCUT2D eigenvalue weighted by Crippen LogP contribution is 2.32. The molecule has 0 aliphatic carbocycles. The summed E-state index contributed by atoms with van der Waals surface area (Å²) in [6.45, 7) is -0.174. The first kappa shape index (κ1) is 15.3. The molecule has 0 aliphatic heterocycles. The molecule has 3 nitrogen and oxygen atoms in total. The second-order valence-corrected chi connectivity index (χ2v) is 4.51. The molecule has 0 radical (unpaired) electrons. The summed E-state index contributed by atoms with van der Waals surface area (Å²) in [6.07, 6.45) is -4.79. The van der Waals surface area contributed by atoms with Crippen molar-refractivity contribution in [3.63, 3.8) is 0 Å². The molecule has 0 bridgehead atoms. The van der Waals surface area contributed by atoms with Gasteiger partial charge in [-0.3, -0.25) is 0 Å². The van der Waals surface area contributed by atoms with Gasteiger partial charge in [-0.1, -0.05) is 42.5 Å². The number of benzene rings is 2. The average Bonchev–Trinajstić information content (AvgIpc) is 2.46. The van der Waals surface area contributed by atoms with Crippen molar-refractivity contribution < 1.29 is 23.0 Å². The summed E-state index contributed by atoms with van der Waals surface area (Å²) >= 11 is 0. The number of alkyl halides is 3. The van der Waals surface area contributed by atoms with Crippen LogP contribution in [-0.2, 0) is 5.60 Å². The van der Waals surface area contributed by atoms with Crippen molar-refractivity contribution in [2.75, 3.05) is 6.54 Å². The van der Waals surface area contributed by atoms with Gasteiger partial charge in [-0.2, -0.15) is 0 Å². The van der Waals surface area contributed by atoms with E-state index in [0.29, 0.717) is 5.56 Å². The van der Waals surface area contributed by atoms with E-state index in [4.69, 9.17) is 5.73 Å². The van der Waals surface area contributed by atoms with Gasteiger partial charge in [0, 0.05) is 6.54 Å². The first-order valence-electron chi connectivity index (χ1n) is 6.19. The molecule has 0 amide bonds. The number of halogens is 3. The molecular formula is C15H14F3NO2. The third-order valence-corrected chi connectivity index (χ3v) is 3.09. The quantitative estimate of drug-likeness (QED) is 0.912. The lowest BCUT2D eigenvalue weighted by atomic mass is 9.86. The van der Waals surface area contributed by atoms with Gasteiger partial charge in [-0.15, -0.1) is 13.2 Å². The van der Waals surface area contributed by atoms with Gasteiger partial charge in [0.05, 0.1) is 0 Å². The molecule has 1 unspecified atom stereocenters. The van der Waals surface area contributed by atoms with Crippen LogP contribution < -0.4 is 10.5 Å². The van der Waals surface area contributed by atoms with Gasteiger partial charge >= 0.3 is 6.36 Å². The molecule has 0 aliphatic rings. The molecule has 0 saturated heterocycles. The fraction of sp³-hybridized carbons (Fsp3) is 0.200. The first-order valence-corrected chi connectivity index (χ1v) is 6.19. The summed E-state index contributed by atoms with van der Waals surface area (Å²) in [6, 6.07) is 13.7. The number of ether oxygens (including phenoxy) is 1. The van der Waals surface area contributed by atoms with E-state index in [1.807, 2.05) is 0 Å². The van der Waals surface area contributed by atoms with Gasteiger partial charge in [-0.25, -0.2) is 0 Å². The molecular weight excluding hydrogens is 283 g/mol. The zero-order valence-corrected chi connectivity index (χ0v) is 11.0. The summed E-state index contributed by atoms with van der Waals surface area (Å²) in [5, 5.41) is 10.7. The van der Waals surface area contributed by atoms with E-state index in [-0.39, 0.29) is 12.1 Å². The minimum Gasteiger partial charge on any atom is -0.406 e. The highest BCUT2D eigenvalue weighted by Gasteiger charge is 2.33. The van der Waals surface area contributed by atoms with E-state index >= 15 is 0 Å². The van der Waals surface area contributed by atoms with Crippen molar-refractivity contribution in [1.29, 1.82) is 0 Å². The second kappa shape index (κ2) is 5.75. The lowest BCUT2D eigenvalue weighted by Crippen LogP contribution is -2.36. The maximum atomic E-state index is 12.3. The Hall–Kier alpha value is -2.05. The fourth-order valence-electron chi connectivity index (χ4n) is 2.07. The van der Waals surface area contributed by atoms with Crippen molar-refractivity contribution >= 4 is 0 Å². The van der Waals surface area contributed by atoms with Crippen LogP contribution in [0.4, 0.5) is 13.2 Å². The largest absolute Gasteiger partial charge is 0.573 e. The van der Waals surface area contributed by atoms with Crippen molar-refractivity contribution in [1.82, 2.24) is 0 Å². The number of hydrogen-bond donors (Lipinski definition) is 2. The van der Waals surface area contributed by atoms with Crippen LogP contribution in [0.5, 0.6) is 5.75 Å². The van der Waals surface area contributed by atoms with E-state index < -0.39 is 17.7 Å². The van der Waals surface area contributed by atoms with Crippen LogP contribution in [0.25, 0.3) is 0 Å². The van der Waals surface area contributed by atoms with Gasteiger partial charge in [0.25, 0.3) is 0 Å². The SMILES string of the molecule is NCC(O)(c1ccccc1)c1cccc(OC(F)(F)F)c1. The molecule has 6 heteroatoms. The molecule has 2 aromatic carbocycles. The smallest absolute Gasteiger partial charge is 0.406 e. The van der Waals surface area contributed by atoms with Crippen molar-refractivity contribution in [2.24, 2.45) is 5.73 Å². The Bertz CT molecular complexity index is 601. The number of hydrogen-bond acceptors (Lipinski definition) is 3. The predicted octanol–water partition coefficient (Wildman–Crippen LogP) is 2.78. The average molecular weight is 297 g/mol. The molecule has 0 aromatic heterocycles. The van der Waals surface area contributed by atoms with Gasteiger partial charge in [0.1, 0.15) is 11.4 Å². The molecule has 0 heterocycles. The number of nitrogens with two attached hydrogens (primary N) is 1. The topological polar surface area (TPSA) is 55.5 Å². The number of rotatable bonds is 4. The van der Waals surface area contributed by atoms with E-state index in [1.54, 1.807) is 30.3 Å². The van der Waals surface area contributed by atoms with E-state index in [0.717, 1.165) is 6.07 Å². The molecule has 112 valence electrons. The minimum atomic E-state index is -4.79. The highest BCUT2D eigenvalue weighted by atomic mass is 19.4. The maximum Gasteiger partial charge on any atom is 0.573 e. The molecule has 1 atom stereocenters. The van der Waals surface area contributed by atoms with Crippen LogP contribution >= 0.6 is 0 Å². The summed E-state index contributed by atoms with van der Waals surface area (Å²) in [7, 11) is 0. The second-order valence-electron chi connectivity index (χ2n) is 4.51. The van der Waals surface area contributed by atoms with Crippen LogP contribution in [0.2, 0.25) is 0 Å². The third-order valence-electron chi connectivity index (χ3n) is 3.09. The summed E-state index contributed by atoms with van der Waals surface area (Å²) in [5.74, 6) is -0.400. The number of aliphatic hydroxyl groups is 1. The molecule has 0 spiro atoms. The minimum absolute atomic E-state index is 0.174. The molecule has 0 saturated carbocycles. The monoisotopic (exact) mass is 297 g/mol. The maximum absolute atomic E-state index is 12.3.